The number of esters is 1. The first-order valence-electron chi connectivity index (χ1n) is 5.29. The largest absolute Gasteiger partial charge is 0.465 e. The van der Waals surface area contributed by atoms with Gasteiger partial charge in [-0.1, -0.05) is 0 Å². The summed E-state index contributed by atoms with van der Waals surface area (Å²) in [6.45, 7) is 2.95. The first-order chi connectivity index (χ1) is 8.22. The Hall–Kier alpha value is -1.14. The van der Waals surface area contributed by atoms with Gasteiger partial charge in [0.25, 0.3) is 0 Å². The number of anilines is 1. The molecule has 1 aliphatic heterocycles. The van der Waals surface area contributed by atoms with Gasteiger partial charge in [-0.05, 0) is 22.0 Å². The Morgan fingerprint density at radius 3 is 2.88 bits per heavy atom. The van der Waals surface area contributed by atoms with Crippen LogP contribution in [0.5, 0.6) is 0 Å². The smallest absolute Gasteiger partial charge is 0.339 e. The molecular weight excluding hydrogens is 288 g/mol. The van der Waals surface area contributed by atoms with E-state index in [9.17, 15) is 4.79 Å². The molecule has 1 saturated heterocycles. The lowest BCUT2D eigenvalue weighted by Gasteiger charge is -2.28. The molecule has 0 amide bonds. The van der Waals surface area contributed by atoms with Gasteiger partial charge in [0, 0.05) is 19.3 Å². The molecular formula is C11H13BrN2O3. The van der Waals surface area contributed by atoms with Gasteiger partial charge in [-0.15, -0.1) is 0 Å². The van der Waals surface area contributed by atoms with Crippen molar-refractivity contribution in [2.24, 2.45) is 0 Å². The maximum Gasteiger partial charge on any atom is 0.339 e. The second kappa shape index (κ2) is 5.46. The first kappa shape index (κ1) is 12.3. The van der Waals surface area contributed by atoms with Crippen LogP contribution in [0.1, 0.15) is 10.4 Å². The number of morpholine rings is 1. The van der Waals surface area contributed by atoms with Crippen LogP contribution in [-0.2, 0) is 9.47 Å². The van der Waals surface area contributed by atoms with Crippen LogP contribution in [0.15, 0.2) is 16.7 Å². The summed E-state index contributed by atoms with van der Waals surface area (Å²) in [5.74, 6) is 0.408. The molecule has 0 aliphatic carbocycles. The topological polar surface area (TPSA) is 51.7 Å². The SMILES string of the molecule is COC(=O)c1cc(N2CCOCC2)ncc1Br. The Bertz CT molecular complexity index is 419. The molecule has 5 nitrogen and oxygen atoms in total. The van der Waals surface area contributed by atoms with Crippen molar-refractivity contribution in [3.05, 3.63) is 22.3 Å². The molecule has 2 rings (SSSR count). The second-order valence-corrected chi connectivity index (χ2v) is 4.47. The predicted octanol–water partition coefficient (Wildman–Crippen LogP) is 1.47. The summed E-state index contributed by atoms with van der Waals surface area (Å²) >= 11 is 3.29. The molecule has 1 aromatic rings. The third kappa shape index (κ3) is 2.76. The number of carbonyl (C=O) groups is 1. The van der Waals surface area contributed by atoms with E-state index in [2.05, 4.69) is 25.8 Å². The quantitative estimate of drug-likeness (QED) is 0.774. The molecule has 0 atom stereocenters. The van der Waals surface area contributed by atoms with Gasteiger partial charge in [0.2, 0.25) is 0 Å². The van der Waals surface area contributed by atoms with E-state index in [0.29, 0.717) is 23.2 Å². The van der Waals surface area contributed by atoms with Crippen molar-refractivity contribution >= 4 is 27.7 Å². The molecule has 17 heavy (non-hydrogen) atoms. The average Bonchev–Trinajstić information content (AvgIpc) is 2.39. The molecule has 6 heteroatoms. The molecule has 0 bridgehead atoms. The fraction of sp³-hybridized carbons (Fsp3) is 0.455. The fourth-order valence-electron chi connectivity index (χ4n) is 1.66. The number of halogens is 1. The van der Waals surface area contributed by atoms with Crippen LogP contribution in [0.4, 0.5) is 5.82 Å². The lowest BCUT2D eigenvalue weighted by atomic mass is 10.2. The minimum atomic E-state index is -0.367. The molecule has 1 aliphatic rings. The van der Waals surface area contributed by atoms with Gasteiger partial charge in [-0.25, -0.2) is 9.78 Å². The van der Waals surface area contributed by atoms with E-state index in [0.717, 1.165) is 18.9 Å². The summed E-state index contributed by atoms with van der Waals surface area (Å²) in [5.41, 5.74) is 0.490. The van der Waals surface area contributed by atoms with Crippen molar-refractivity contribution in [1.29, 1.82) is 0 Å². The zero-order chi connectivity index (χ0) is 12.3. The van der Waals surface area contributed by atoms with Crippen LogP contribution >= 0.6 is 15.9 Å². The van der Waals surface area contributed by atoms with E-state index in [-0.39, 0.29) is 5.97 Å². The summed E-state index contributed by atoms with van der Waals surface area (Å²) in [4.78, 5) is 17.9. The van der Waals surface area contributed by atoms with Crippen molar-refractivity contribution in [2.45, 2.75) is 0 Å². The van der Waals surface area contributed by atoms with Gasteiger partial charge >= 0.3 is 5.97 Å². The number of rotatable bonds is 2. The number of hydrogen-bond donors (Lipinski definition) is 0. The molecule has 0 N–H and O–H groups in total. The Balaban J connectivity index is 2.26. The molecule has 92 valence electrons. The lowest BCUT2D eigenvalue weighted by Crippen LogP contribution is -2.36. The molecule has 1 aromatic heterocycles. The highest BCUT2D eigenvalue weighted by atomic mass is 79.9. The summed E-state index contributed by atoms with van der Waals surface area (Å²) in [7, 11) is 1.36. The predicted molar refractivity (Wildman–Crippen MR) is 66.3 cm³/mol. The Morgan fingerprint density at radius 2 is 2.24 bits per heavy atom. The van der Waals surface area contributed by atoms with Crippen LogP contribution < -0.4 is 4.90 Å². The zero-order valence-corrected chi connectivity index (χ0v) is 11.1. The second-order valence-electron chi connectivity index (χ2n) is 3.61. The number of aromatic nitrogens is 1. The van der Waals surface area contributed by atoms with E-state index in [1.807, 2.05) is 0 Å². The summed E-state index contributed by atoms with van der Waals surface area (Å²) < 4.78 is 10.6. The molecule has 0 unspecified atom stereocenters. The van der Waals surface area contributed by atoms with Gasteiger partial charge in [-0.2, -0.15) is 0 Å². The average molecular weight is 301 g/mol. The number of hydrogen-bond acceptors (Lipinski definition) is 5. The number of pyridine rings is 1. The Kier molecular flexibility index (Phi) is 3.96. The van der Waals surface area contributed by atoms with Crippen molar-refractivity contribution in [3.8, 4) is 0 Å². The van der Waals surface area contributed by atoms with E-state index < -0.39 is 0 Å². The van der Waals surface area contributed by atoms with Crippen LogP contribution in [0, 0.1) is 0 Å². The van der Waals surface area contributed by atoms with Gasteiger partial charge in [0.15, 0.2) is 0 Å². The summed E-state index contributed by atoms with van der Waals surface area (Å²) in [6.07, 6.45) is 1.62. The van der Waals surface area contributed by atoms with E-state index in [4.69, 9.17) is 9.47 Å². The third-order valence-electron chi connectivity index (χ3n) is 2.58. The highest BCUT2D eigenvalue weighted by molar-refractivity contribution is 9.10. The van der Waals surface area contributed by atoms with Crippen molar-refractivity contribution < 1.29 is 14.3 Å². The van der Waals surface area contributed by atoms with Gasteiger partial charge < -0.3 is 14.4 Å². The molecule has 0 radical (unpaired) electrons. The van der Waals surface area contributed by atoms with Crippen LogP contribution in [0.25, 0.3) is 0 Å². The normalized spacial score (nSPS) is 15.8. The Labute approximate surface area is 108 Å². The maximum atomic E-state index is 11.5. The molecule has 0 spiro atoms. The minimum Gasteiger partial charge on any atom is -0.465 e. The van der Waals surface area contributed by atoms with Crippen molar-refractivity contribution in [1.82, 2.24) is 4.98 Å². The maximum absolute atomic E-state index is 11.5. The molecule has 2 heterocycles. The standard InChI is InChI=1S/C11H13BrN2O3/c1-16-11(15)8-6-10(13-7-9(8)12)14-2-4-17-5-3-14/h6-7H,2-5H2,1H3. The first-order valence-corrected chi connectivity index (χ1v) is 6.08. The van der Waals surface area contributed by atoms with E-state index in [1.54, 1.807) is 12.3 Å². The number of methoxy groups -OCH3 is 1. The van der Waals surface area contributed by atoms with Crippen LogP contribution in [0.2, 0.25) is 0 Å². The van der Waals surface area contributed by atoms with Crippen LogP contribution in [-0.4, -0.2) is 44.4 Å². The summed E-state index contributed by atoms with van der Waals surface area (Å²) in [5, 5.41) is 0. The van der Waals surface area contributed by atoms with E-state index >= 15 is 0 Å². The van der Waals surface area contributed by atoms with Crippen molar-refractivity contribution in [2.75, 3.05) is 38.3 Å². The fourth-order valence-corrected chi connectivity index (χ4v) is 2.04. The highest BCUT2D eigenvalue weighted by Gasteiger charge is 2.17. The zero-order valence-electron chi connectivity index (χ0n) is 9.48. The molecule has 0 saturated carbocycles. The third-order valence-corrected chi connectivity index (χ3v) is 3.21. The number of carbonyl (C=O) groups excluding carboxylic acids is 1. The molecule has 1 fully saturated rings. The molecule has 0 aromatic carbocycles. The van der Waals surface area contributed by atoms with E-state index in [1.165, 1.54) is 7.11 Å². The minimum absolute atomic E-state index is 0.367. The highest BCUT2D eigenvalue weighted by Crippen LogP contribution is 2.22. The summed E-state index contributed by atoms with van der Waals surface area (Å²) in [6, 6.07) is 1.74. The monoisotopic (exact) mass is 300 g/mol. The number of nitrogens with zero attached hydrogens (tertiary/aromatic N) is 2. The number of ether oxygens (including phenoxy) is 2. The van der Waals surface area contributed by atoms with Crippen molar-refractivity contribution in [3.63, 3.8) is 0 Å². The van der Waals surface area contributed by atoms with Gasteiger partial charge in [-0.3, -0.25) is 0 Å². The van der Waals surface area contributed by atoms with Crippen LogP contribution in [0.3, 0.4) is 0 Å². The lowest BCUT2D eigenvalue weighted by molar-refractivity contribution is 0.0599. The van der Waals surface area contributed by atoms with Gasteiger partial charge in [0.05, 0.1) is 30.4 Å². The Morgan fingerprint density at radius 1 is 1.53 bits per heavy atom. The van der Waals surface area contributed by atoms with Gasteiger partial charge in [0.1, 0.15) is 5.82 Å².